The van der Waals surface area contributed by atoms with Gasteiger partial charge in [-0.05, 0) is 56.1 Å². The Morgan fingerprint density at radius 3 is 2.96 bits per heavy atom. The molecule has 1 aliphatic rings. The monoisotopic (exact) mass is 338 g/mol. The zero-order chi connectivity index (χ0) is 16.4. The van der Waals surface area contributed by atoms with Gasteiger partial charge in [-0.1, -0.05) is 6.07 Å². The number of hydrogen-bond acceptors (Lipinski definition) is 5. The van der Waals surface area contributed by atoms with Crippen LogP contribution in [0.25, 0.3) is 10.9 Å². The number of carbonyl (C=O) groups excluding carboxylic acids is 1. The first-order valence-electron chi connectivity index (χ1n) is 8.12. The highest BCUT2D eigenvalue weighted by molar-refractivity contribution is 7.15. The number of thiazole rings is 1. The molecule has 2 N–H and O–H groups in total. The van der Waals surface area contributed by atoms with Gasteiger partial charge in [-0.15, -0.1) is 11.3 Å². The number of piperidine rings is 1. The number of benzene rings is 1. The molecule has 1 fully saturated rings. The summed E-state index contributed by atoms with van der Waals surface area (Å²) in [5.41, 5.74) is 1.51. The Kier molecular flexibility index (Phi) is 4.23. The van der Waals surface area contributed by atoms with Crippen LogP contribution >= 0.6 is 11.3 Å². The summed E-state index contributed by atoms with van der Waals surface area (Å²) in [6, 6.07) is 9.35. The van der Waals surface area contributed by atoms with Gasteiger partial charge in [0.15, 0.2) is 5.13 Å². The van der Waals surface area contributed by atoms with E-state index in [2.05, 4.69) is 20.6 Å². The van der Waals surface area contributed by atoms with E-state index in [0.717, 1.165) is 36.8 Å². The normalized spacial score (nSPS) is 15.5. The van der Waals surface area contributed by atoms with E-state index in [-0.39, 0.29) is 5.91 Å². The highest BCUT2D eigenvalue weighted by atomic mass is 32.1. The number of amides is 1. The molecule has 1 aliphatic heterocycles. The second-order valence-corrected chi connectivity index (χ2v) is 7.02. The van der Waals surface area contributed by atoms with Crippen molar-refractivity contribution in [1.29, 1.82) is 0 Å². The Labute approximate surface area is 144 Å². The second kappa shape index (κ2) is 6.67. The molecule has 5 nitrogen and oxygen atoms in total. The molecule has 122 valence electrons. The van der Waals surface area contributed by atoms with Crippen molar-refractivity contribution in [3.8, 4) is 0 Å². The fraction of sp³-hybridized carbons (Fsp3) is 0.278. The maximum atomic E-state index is 12.5. The Morgan fingerprint density at radius 2 is 2.08 bits per heavy atom. The lowest BCUT2D eigenvalue weighted by atomic mass is 9.97. The fourth-order valence-electron chi connectivity index (χ4n) is 3.03. The molecule has 0 spiro atoms. The number of fused-ring (bicyclic) bond motifs is 1. The molecule has 0 atom stereocenters. The van der Waals surface area contributed by atoms with E-state index in [1.165, 1.54) is 4.88 Å². The van der Waals surface area contributed by atoms with Crippen LogP contribution in [0.4, 0.5) is 5.13 Å². The number of rotatable bonds is 3. The van der Waals surface area contributed by atoms with Crippen molar-refractivity contribution in [2.45, 2.75) is 18.8 Å². The number of nitrogens with one attached hydrogen (secondary N) is 2. The minimum atomic E-state index is -0.132. The molecule has 3 aromatic rings. The van der Waals surface area contributed by atoms with Crippen LogP contribution in [0.5, 0.6) is 0 Å². The van der Waals surface area contributed by atoms with Gasteiger partial charge in [-0.25, -0.2) is 4.98 Å². The van der Waals surface area contributed by atoms with E-state index in [4.69, 9.17) is 0 Å². The molecule has 24 heavy (non-hydrogen) atoms. The van der Waals surface area contributed by atoms with Crippen LogP contribution in [-0.4, -0.2) is 29.0 Å². The van der Waals surface area contributed by atoms with Crippen LogP contribution in [0.15, 0.2) is 42.7 Å². The van der Waals surface area contributed by atoms with Crippen molar-refractivity contribution in [2.24, 2.45) is 0 Å². The predicted octanol–water partition coefficient (Wildman–Crippen LogP) is 3.41. The van der Waals surface area contributed by atoms with E-state index in [0.29, 0.717) is 16.6 Å². The lowest BCUT2D eigenvalue weighted by Gasteiger charge is -2.20. The quantitative estimate of drug-likeness (QED) is 0.768. The first-order chi connectivity index (χ1) is 11.8. The summed E-state index contributed by atoms with van der Waals surface area (Å²) < 4.78 is 0. The molecule has 0 aliphatic carbocycles. The molecule has 3 heterocycles. The fourth-order valence-corrected chi connectivity index (χ4v) is 4.01. The first kappa shape index (κ1) is 15.2. The minimum absolute atomic E-state index is 0.132. The van der Waals surface area contributed by atoms with E-state index in [9.17, 15) is 4.79 Å². The second-order valence-electron chi connectivity index (χ2n) is 5.96. The highest BCUT2D eigenvalue weighted by Gasteiger charge is 2.18. The van der Waals surface area contributed by atoms with Crippen molar-refractivity contribution >= 4 is 33.3 Å². The molecular formula is C18H18N4OS. The molecule has 1 amide bonds. The van der Waals surface area contributed by atoms with Gasteiger partial charge in [0.2, 0.25) is 0 Å². The summed E-state index contributed by atoms with van der Waals surface area (Å²) >= 11 is 1.58. The van der Waals surface area contributed by atoms with Crippen LogP contribution in [0.3, 0.4) is 0 Å². The van der Waals surface area contributed by atoms with Gasteiger partial charge in [0.25, 0.3) is 5.91 Å². The molecule has 4 rings (SSSR count). The van der Waals surface area contributed by atoms with Crippen LogP contribution in [-0.2, 0) is 0 Å². The van der Waals surface area contributed by atoms with E-state index < -0.39 is 0 Å². The van der Waals surface area contributed by atoms with E-state index >= 15 is 0 Å². The Bertz CT molecular complexity index is 870. The third-order valence-electron chi connectivity index (χ3n) is 4.35. The molecule has 2 aromatic heterocycles. The standard InChI is InChI=1S/C18H18N4OS/c23-17(14-3-4-15-13(10-14)2-1-7-20-15)22-18-21-11-16(24-18)12-5-8-19-9-6-12/h1-4,7,10-12,19H,5-6,8-9H2,(H,21,22,23). The van der Waals surface area contributed by atoms with Crippen molar-refractivity contribution in [2.75, 3.05) is 18.4 Å². The molecule has 1 saturated heterocycles. The maximum absolute atomic E-state index is 12.5. The van der Waals surface area contributed by atoms with Crippen LogP contribution in [0.2, 0.25) is 0 Å². The average Bonchev–Trinajstić information content (AvgIpc) is 3.10. The Hall–Kier alpha value is -2.31. The SMILES string of the molecule is O=C(Nc1ncc(C2CCNCC2)s1)c1ccc2ncccc2c1. The topological polar surface area (TPSA) is 66.9 Å². The van der Waals surface area contributed by atoms with Gasteiger partial charge < -0.3 is 5.32 Å². The Morgan fingerprint density at radius 1 is 1.21 bits per heavy atom. The van der Waals surface area contributed by atoms with Gasteiger partial charge >= 0.3 is 0 Å². The summed E-state index contributed by atoms with van der Waals surface area (Å²) in [5, 5.41) is 7.91. The lowest BCUT2D eigenvalue weighted by molar-refractivity contribution is 0.102. The summed E-state index contributed by atoms with van der Waals surface area (Å²) in [6.07, 6.45) is 5.92. The van der Waals surface area contributed by atoms with Crippen LogP contribution in [0.1, 0.15) is 34.0 Å². The third kappa shape index (κ3) is 3.16. The van der Waals surface area contributed by atoms with Crippen molar-refractivity contribution in [3.05, 3.63) is 53.2 Å². The highest BCUT2D eigenvalue weighted by Crippen LogP contribution is 2.31. The number of anilines is 1. The van der Waals surface area contributed by atoms with Gasteiger partial charge in [-0.3, -0.25) is 15.1 Å². The van der Waals surface area contributed by atoms with Gasteiger partial charge in [0, 0.05) is 28.2 Å². The zero-order valence-corrected chi connectivity index (χ0v) is 14.0. The summed E-state index contributed by atoms with van der Waals surface area (Å²) in [4.78, 5) is 22.4. The summed E-state index contributed by atoms with van der Waals surface area (Å²) in [6.45, 7) is 2.10. The molecule has 0 unspecified atom stereocenters. The third-order valence-corrected chi connectivity index (χ3v) is 5.43. The Balaban J connectivity index is 1.49. The number of hydrogen-bond donors (Lipinski definition) is 2. The van der Waals surface area contributed by atoms with Crippen LogP contribution < -0.4 is 10.6 Å². The van der Waals surface area contributed by atoms with Crippen LogP contribution in [0, 0.1) is 0 Å². The average molecular weight is 338 g/mol. The number of pyridine rings is 1. The lowest BCUT2D eigenvalue weighted by Crippen LogP contribution is -2.26. The van der Waals surface area contributed by atoms with E-state index in [1.54, 1.807) is 23.6 Å². The largest absolute Gasteiger partial charge is 0.317 e. The number of aromatic nitrogens is 2. The predicted molar refractivity (Wildman–Crippen MR) is 96.7 cm³/mol. The zero-order valence-electron chi connectivity index (χ0n) is 13.2. The van der Waals surface area contributed by atoms with E-state index in [1.807, 2.05) is 30.5 Å². The maximum Gasteiger partial charge on any atom is 0.257 e. The smallest absolute Gasteiger partial charge is 0.257 e. The molecule has 0 radical (unpaired) electrons. The molecule has 0 saturated carbocycles. The van der Waals surface area contributed by atoms with Crippen molar-refractivity contribution in [3.63, 3.8) is 0 Å². The van der Waals surface area contributed by atoms with Crippen molar-refractivity contribution in [1.82, 2.24) is 15.3 Å². The number of nitrogens with zero attached hydrogens (tertiary/aromatic N) is 2. The summed E-state index contributed by atoms with van der Waals surface area (Å²) in [5.74, 6) is 0.424. The summed E-state index contributed by atoms with van der Waals surface area (Å²) in [7, 11) is 0. The van der Waals surface area contributed by atoms with Gasteiger partial charge in [0.05, 0.1) is 5.52 Å². The van der Waals surface area contributed by atoms with Crippen molar-refractivity contribution < 1.29 is 4.79 Å². The molecule has 6 heteroatoms. The first-order valence-corrected chi connectivity index (χ1v) is 8.94. The molecule has 0 bridgehead atoms. The molecule has 1 aromatic carbocycles. The minimum Gasteiger partial charge on any atom is -0.317 e. The number of carbonyl (C=O) groups is 1. The van der Waals surface area contributed by atoms with Gasteiger partial charge in [-0.2, -0.15) is 0 Å². The van der Waals surface area contributed by atoms with Gasteiger partial charge in [0.1, 0.15) is 0 Å². The molecular weight excluding hydrogens is 320 g/mol.